The Bertz CT molecular complexity index is 837. The van der Waals surface area contributed by atoms with E-state index in [2.05, 4.69) is 38.3 Å². The number of hydrogen-bond acceptors (Lipinski definition) is 4. The number of hydrogen-bond donors (Lipinski definition) is 1. The predicted molar refractivity (Wildman–Crippen MR) is 120 cm³/mol. The van der Waals surface area contributed by atoms with Crippen molar-refractivity contribution in [3.05, 3.63) is 58.6 Å². The van der Waals surface area contributed by atoms with Crippen LogP contribution in [0.3, 0.4) is 0 Å². The number of halogens is 1. The Kier molecular flexibility index (Phi) is 6.91. The Labute approximate surface area is 179 Å². The SMILES string of the molecule is CC(C)Oc1ccc(Br)cc1C(=O)NC(=S)N1CCN(c2ccccc2)CC1. The highest BCUT2D eigenvalue weighted by Crippen LogP contribution is 2.24. The lowest BCUT2D eigenvalue weighted by Gasteiger charge is -2.37. The van der Waals surface area contributed by atoms with E-state index in [9.17, 15) is 4.79 Å². The summed E-state index contributed by atoms with van der Waals surface area (Å²) in [5.41, 5.74) is 1.68. The van der Waals surface area contributed by atoms with E-state index >= 15 is 0 Å². The molecule has 28 heavy (non-hydrogen) atoms. The van der Waals surface area contributed by atoms with Crippen LogP contribution >= 0.6 is 28.1 Å². The van der Waals surface area contributed by atoms with Crippen LogP contribution in [0.4, 0.5) is 5.69 Å². The Morgan fingerprint density at radius 3 is 2.43 bits per heavy atom. The molecule has 3 rings (SSSR count). The summed E-state index contributed by atoms with van der Waals surface area (Å²) in [5.74, 6) is 0.292. The maximum atomic E-state index is 12.8. The molecule has 0 saturated carbocycles. The summed E-state index contributed by atoms with van der Waals surface area (Å²) < 4.78 is 6.58. The van der Waals surface area contributed by atoms with Crippen LogP contribution in [0.15, 0.2) is 53.0 Å². The molecule has 2 aromatic rings. The minimum atomic E-state index is -0.257. The van der Waals surface area contributed by atoms with E-state index in [1.165, 1.54) is 5.69 Å². The van der Waals surface area contributed by atoms with Crippen LogP contribution in [0.2, 0.25) is 0 Å². The Hall–Kier alpha value is -2.12. The number of thiocarbonyl (C=S) groups is 1. The molecule has 0 radical (unpaired) electrons. The first-order valence-corrected chi connectivity index (χ1v) is 10.5. The summed E-state index contributed by atoms with van der Waals surface area (Å²) in [6.07, 6.45) is -0.0225. The summed E-state index contributed by atoms with van der Waals surface area (Å²) >= 11 is 8.91. The molecule has 0 unspecified atom stereocenters. The van der Waals surface area contributed by atoms with Gasteiger partial charge in [-0.2, -0.15) is 0 Å². The Morgan fingerprint density at radius 2 is 1.79 bits per heavy atom. The third-order valence-corrected chi connectivity index (χ3v) is 5.31. The molecule has 0 spiro atoms. The van der Waals surface area contributed by atoms with E-state index in [1.54, 1.807) is 12.1 Å². The van der Waals surface area contributed by atoms with Crippen molar-refractivity contribution in [1.82, 2.24) is 10.2 Å². The molecule has 0 aromatic heterocycles. The van der Waals surface area contributed by atoms with Crippen molar-refractivity contribution in [2.75, 3.05) is 31.1 Å². The summed E-state index contributed by atoms with van der Waals surface area (Å²) in [4.78, 5) is 17.2. The van der Waals surface area contributed by atoms with Crippen LogP contribution in [0.5, 0.6) is 5.75 Å². The van der Waals surface area contributed by atoms with Crippen molar-refractivity contribution < 1.29 is 9.53 Å². The minimum absolute atomic E-state index is 0.0225. The lowest BCUT2D eigenvalue weighted by atomic mass is 10.2. The van der Waals surface area contributed by atoms with Crippen LogP contribution in [0.1, 0.15) is 24.2 Å². The van der Waals surface area contributed by atoms with Gasteiger partial charge in [0.05, 0.1) is 11.7 Å². The number of piperazine rings is 1. The highest BCUT2D eigenvalue weighted by atomic mass is 79.9. The number of benzene rings is 2. The molecule has 1 N–H and O–H groups in total. The number of anilines is 1. The molecule has 1 heterocycles. The van der Waals surface area contributed by atoms with Crippen LogP contribution in [-0.4, -0.2) is 48.2 Å². The normalized spacial score (nSPS) is 14.1. The van der Waals surface area contributed by atoms with Crippen LogP contribution < -0.4 is 15.0 Å². The largest absolute Gasteiger partial charge is 0.490 e. The predicted octanol–water partition coefficient (Wildman–Crippen LogP) is 4.07. The molecule has 1 amide bonds. The fourth-order valence-corrected chi connectivity index (χ4v) is 3.72. The summed E-state index contributed by atoms with van der Waals surface area (Å²) in [6, 6.07) is 15.7. The van der Waals surface area contributed by atoms with Crippen molar-refractivity contribution in [2.45, 2.75) is 20.0 Å². The monoisotopic (exact) mass is 461 g/mol. The zero-order valence-electron chi connectivity index (χ0n) is 16.0. The molecule has 1 aliphatic rings. The molecule has 1 fully saturated rings. The number of para-hydroxylation sites is 1. The van der Waals surface area contributed by atoms with E-state index in [0.29, 0.717) is 16.4 Å². The van der Waals surface area contributed by atoms with Gasteiger partial charge < -0.3 is 14.5 Å². The maximum Gasteiger partial charge on any atom is 0.261 e. The fraction of sp³-hybridized carbons (Fsp3) is 0.333. The standard InChI is InChI=1S/C21H24BrN3O2S/c1-15(2)27-19-9-8-16(22)14-18(19)20(26)23-21(28)25-12-10-24(11-13-25)17-6-4-3-5-7-17/h3-9,14-15H,10-13H2,1-2H3,(H,23,26,28). The second kappa shape index (κ2) is 9.39. The average Bonchev–Trinajstić information content (AvgIpc) is 2.69. The number of ether oxygens (including phenoxy) is 1. The van der Waals surface area contributed by atoms with Gasteiger partial charge in [-0.1, -0.05) is 34.1 Å². The Balaban J connectivity index is 1.61. The van der Waals surface area contributed by atoms with Crippen molar-refractivity contribution >= 4 is 44.9 Å². The van der Waals surface area contributed by atoms with Gasteiger partial charge >= 0.3 is 0 Å². The van der Waals surface area contributed by atoms with Gasteiger partial charge in [-0.25, -0.2) is 0 Å². The van der Waals surface area contributed by atoms with Gasteiger partial charge in [-0.15, -0.1) is 0 Å². The first-order chi connectivity index (χ1) is 13.4. The number of nitrogens with zero attached hydrogens (tertiary/aromatic N) is 2. The zero-order valence-corrected chi connectivity index (χ0v) is 18.4. The van der Waals surface area contributed by atoms with E-state index in [4.69, 9.17) is 17.0 Å². The first kappa shape index (κ1) is 20.6. The van der Waals surface area contributed by atoms with Crippen LogP contribution in [0.25, 0.3) is 0 Å². The molecule has 0 atom stereocenters. The highest BCUT2D eigenvalue weighted by molar-refractivity contribution is 9.10. The summed E-state index contributed by atoms with van der Waals surface area (Å²) in [5, 5.41) is 3.31. The van der Waals surface area contributed by atoms with E-state index in [-0.39, 0.29) is 12.0 Å². The fourth-order valence-electron chi connectivity index (χ4n) is 3.09. The lowest BCUT2D eigenvalue weighted by Crippen LogP contribution is -2.52. The number of rotatable bonds is 4. The van der Waals surface area contributed by atoms with Gasteiger partial charge in [0.1, 0.15) is 5.75 Å². The van der Waals surface area contributed by atoms with Crippen molar-refractivity contribution in [3.63, 3.8) is 0 Å². The second-order valence-electron chi connectivity index (χ2n) is 6.88. The van der Waals surface area contributed by atoms with Gasteiger partial charge in [-0.3, -0.25) is 10.1 Å². The minimum Gasteiger partial charge on any atom is -0.490 e. The average molecular weight is 462 g/mol. The summed E-state index contributed by atoms with van der Waals surface area (Å²) in [7, 11) is 0. The molecule has 7 heteroatoms. The molecule has 1 aliphatic heterocycles. The smallest absolute Gasteiger partial charge is 0.261 e. The maximum absolute atomic E-state index is 12.8. The van der Waals surface area contributed by atoms with Gasteiger partial charge in [0.15, 0.2) is 5.11 Å². The van der Waals surface area contributed by atoms with Crippen LogP contribution in [-0.2, 0) is 0 Å². The van der Waals surface area contributed by atoms with Crippen molar-refractivity contribution in [3.8, 4) is 5.75 Å². The first-order valence-electron chi connectivity index (χ1n) is 9.30. The zero-order chi connectivity index (χ0) is 20.1. The molecule has 0 bridgehead atoms. The number of amides is 1. The highest BCUT2D eigenvalue weighted by Gasteiger charge is 2.22. The van der Waals surface area contributed by atoms with E-state index < -0.39 is 0 Å². The van der Waals surface area contributed by atoms with E-state index in [1.807, 2.05) is 43.0 Å². The molecule has 5 nitrogen and oxygen atoms in total. The van der Waals surface area contributed by atoms with Crippen molar-refractivity contribution in [1.29, 1.82) is 0 Å². The summed E-state index contributed by atoms with van der Waals surface area (Å²) in [6.45, 7) is 7.11. The molecule has 1 saturated heterocycles. The Morgan fingerprint density at radius 1 is 1.11 bits per heavy atom. The molecule has 148 valence electrons. The lowest BCUT2D eigenvalue weighted by molar-refractivity contribution is 0.0967. The molecule has 0 aliphatic carbocycles. The molecular weight excluding hydrogens is 438 g/mol. The van der Waals surface area contributed by atoms with Gasteiger partial charge in [0, 0.05) is 36.3 Å². The molecule has 2 aromatic carbocycles. The van der Waals surface area contributed by atoms with Crippen molar-refractivity contribution in [2.24, 2.45) is 0 Å². The van der Waals surface area contributed by atoms with Gasteiger partial charge in [-0.05, 0) is 56.4 Å². The number of carbonyl (C=O) groups excluding carboxylic acids is 1. The number of nitrogens with one attached hydrogen (secondary N) is 1. The third-order valence-electron chi connectivity index (χ3n) is 4.46. The van der Waals surface area contributed by atoms with E-state index in [0.717, 1.165) is 30.7 Å². The van der Waals surface area contributed by atoms with Gasteiger partial charge in [0.2, 0.25) is 0 Å². The topological polar surface area (TPSA) is 44.8 Å². The molecular formula is C21H24BrN3O2S. The second-order valence-corrected chi connectivity index (χ2v) is 8.18. The van der Waals surface area contributed by atoms with Gasteiger partial charge in [0.25, 0.3) is 5.91 Å². The number of carbonyl (C=O) groups is 1. The third kappa shape index (κ3) is 5.23. The quantitative estimate of drug-likeness (QED) is 0.695. The van der Waals surface area contributed by atoms with Crippen LogP contribution in [0, 0.1) is 0 Å².